The van der Waals surface area contributed by atoms with Gasteiger partial charge in [-0.05, 0) is 19.8 Å². The summed E-state index contributed by atoms with van der Waals surface area (Å²) < 4.78 is 5.58. The molecule has 1 aromatic heterocycles. The Morgan fingerprint density at radius 1 is 1.18 bits per heavy atom. The molecule has 0 fully saturated rings. The number of hydrogen-bond donors (Lipinski definition) is 1. The van der Waals surface area contributed by atoms with Crippen molar-refractivity contribution in [2.45, 2.75) is 46.5 Å². The highest BCUT2D eigenvalue weighted by Gasteiger charge is 2.02. The zero-order chi connectivity index (χ0) is 12.5. The van der Waals surface area contributed by atoms with Gasteiger partial charge in [0.1, 0.15) is 11.6 Å². The van der Waals surface area contributed by atoms with Crippen LogP contribution >= 0.6 is 0 Å². The second kappa shape index (κ2) is 7.87. The Bertz CT molecular complexity index is 300. The molecule has 4 nitrogen and oxygen atoms in total. The summed E-state index contributed by atoms with van der Waals surface area (Å²) in [5.41, 5.74) is 0. The van der Waals surface area contributed by atoms with Gasteiger partial charge in [0, 0.05) is 12.6 Å². The van der Waals surface area contributed by atoms with Crippen molar-refractivity contribution in [3.05, 3.63) is 11.9 Å². The zero-order valence-electron chi connectivity index (χ0n) is 11.1. The van der Waals surface area contributed by atoms with Gasteiger partial charge in [-0.2, -0.15) is 4.98 Å². The molecule has 0 aliphatic carbocycles. The van der Waals surface area contributed by atoms with Crippen molar-refractivity contribution in [3.63, 3.8) is 0 Å². The summed E-state index contributed by atoms with van der Waals surface area (Å²) in [6, 6.07) is 1.87. The van der Waals surface area contributed by atoms with Crippen molar-refractivity contribution in [2.24, 2.45) is 0 Å². The fourth-order valence-electron chi connectivity index (χ4n) is 1.42. The van der Waals surface area contributed by atoms with E-state index < -0.39 is 0 Å². The van der Waals surface area contributed by atoms with Crippen molar-refractivity contribution < 1.29 is 4.74 Å². The zero-order valence-corrected chi connectivity index (χ0v) is 11.1. The van der Waals surface area contributed by atoms with E-state index in [2.05, 4.69) is 29.1 Å². The minimum atomic E-state index is 0.671. The fourth-order valence-corrected chi connectivity index (χ4v) is 1.42. The smallest absolute Gasteiger partial charge is 0.218 e. The third-order valence-corrected chi connectivity index (χ3v) is 2.40. The lowest BCUT2D eigenvalue weighted by Crippen LogP contribution is -2.06. The highest BCUT2D eigenvalue weighted by molar-refractivity contribution is 5.38. The summed E-state index contributed by atoms with van der Waals surface area (Å²) in [6.45, 7) is 7.87. The van der Waals surface area contributed by atoms with E-state index in [9.17, 15) is 0 Å². The average Bonchev–Trinajstić information content (AvgIpc) is 2.29. The van der Waals surface area contributed by atoms with Gasteiger partial charge in [-0.1, -0.05) is 26.7 Å². The van der Waals surface area contributed by atoms with E-state index in [1.54, 1.807) is 0 Å². The molecular weight excluding hydrogens is 214 g/mol. The average molecular weight is 237 g/mol. The molecular formula is C13H23N3O. The summed E-state index contributed by atoms with van der Waals surface area (Å²) in [5.74, 6) is 2.28. The topological polar surface area (TPSA) is 47.0 Å². The number of nitrogens with one attached hydrogen (secondary N) is 1. The summed E-state index contributed by atoms with van der Waals surface area (Å²) in [5, 5.41) is 3.29. The maximum Gasteiger partial charge on any atom is 0.218 e. The van der Waals surface area contributed by atoms with Crippen molar-refractivity contribution in [2.75, 3.05) is 18.5 Å². The Hall–Kier alpha value is -1.32. The van der Waals surface area contributed by atoms with Gasteiger partial charge in [0.25, 0.3) is 0 Å². The van der Waals surface area contributed by atoms with E-state index in [-0.39, 0.29) is 0 Å². The number of hydrogen-bond acceptors (Lipinski definition) is 4. The second-order valence-electron chi connectivity index (χ2n) is 4.12. The number of ether oxygens (including phenoxy) is 1. The van der Waals surface area contributed by atoms with Crippen LogP contribution in [0.15, 0.2) is 6.07 Å². The van der Waals surface area contributed by atoms with Crippen LogP contribution in [-0.2, 0) is 0 Å². The van der Waals surface area contributed by atoms with Crippen molar-refractivity contribution >= 4 is 5.82 Å². The maximum absolute atomic E-state index is 5.58. The van der Waals surface area contributed by atoms with Gasteiger partial charge in [0.05, 0.1) is 6.61 Å². The molecule has 0 saturated heterocycles. The van der Waals surface area contributed by atoms with Crippen LogP contribution in [-0.4, -0.2) is 23.1 Å². The van der Waals surface area contributed by atoms with Gasteiger partial charge in [0.2, 0.25) is 5.88 Å². The lowest BCUT2D eigenvalue weighted by atomic mass is 10.3. The highest BCUT2D eigenvalue weighted by Crippen LogP contribution is 2.13. The number of rotatable bonds is 8. The quantitative estimate of drug-likeness (QED) is 0.705. The van der Waals surface area contributed by atoms with Crippen molar-refractivity contribution in [1.82, 2.24) is 9.97 Å². The van der Waals surface area contributed by atoms with Gasteiger partial charge >= 0.3 is 0 Å². The molecule has 17 heavy (non-hydrogen) atoms. The first kappa shape index (κ1) is 13.7. The molecule has 0 amide bonds. The normalized spacial score (nSPS) is 10.3. The Morgan fingerprint density at radius 2 is 1.94 bits per heavy atom. The minimum absolute atomic E-state index is 0.671. The van der Waals surface area contributed by atoms with E-state index in [0.717, 1.165) is 44.1 Å². The molecule has 0 aromatic carbocycles. The van der Waals surface area contributed by atoms with Gasteiger partial charge in [0.15, 0.2) is 0 Å². The predicted molar refractivity (Wildman–Crippen MR) is 70.6 cm³/mol. The van der Waals surface area contributed by atoms with Crippen LogP contribution in [0.3, 0.4) is 0 Å². The number of anilines is 1. The fraction of sp³-hybridized carbons (Fsp3) is 0.692. The largest absolute Gasteiger partial charge is 0.478 e. The van der Waals surface area contributed by atoms with Crippen LogP contribution in [0.25, 0.3) is 0 Å². The number of unbranched alkanes of at least 4 members (excludes halogenated alkanes) is 2. The molecule has 0 saturated carbocycles. The number of aryl methyl sites for hydroxylation is 1. The Balaban J connectivity index is 2.53. The Kier molecular flexibility index (Phi) is 6.37. The molecule has 1 heterocycles. The predicted octanol–water partition coefficient (Wildman–Crippen LogP) is 3.18. The van der Waals surface area contributed by atoms with E-state index >= 15 is 0 Å². The van der Waals surface area contributed by atoms with Crippen molar-refractivity contribution in [3.8, 4) is 5.88 Å². The molecule has 0 unspecified atom stereocenters. The summed E-state index contributed by atoms with van der Waals surface area (Å²) in [7, 11) is 0. The molecule has 0 spiro atoms. The third kappa shape index (κ3) is 5.52. The summed E-state index contributed by atoms with van der Waals surface area (Å²) >= 11 is 0. The standard InChI is InChI=1S/C13H23N3O/c1-4-6-8-14-12-10-13(16-11(3)15-12)17-9-7-5-2/h10H,4-9H2,1-3H3,(H,14,15,16). The maximum atomic E-state index is 5.58. The van der Waals surface area contributed by atoms with Gasteiger partial charge in [-0.25, -0.2) is 4.98 Å². The minimum Gasteiger partial charge on any atom is -0.478 e. The van der Waals surface area contributed by atoms with E-state index in [0.29, 0.717) is 5.88 Å². The van der Waals surface area contributed by atoms with Crippen LogP contribution in [0, 0.1) is 6.92 Å². The molecule has 0 aliphatic rings. The summed E-state index contributed by atoms with van der Waals surface area (Å²) in [6.07, 6.45) is 4.51. The molecule has 1 N–H and O–H groups in total. The van der Waals surface area contributed by atoms with Crippen LogP contribution in [0.4, 0.5) is 5.82 Å². The number of nitrogens with zero attached hydrogens (tertiary/aromatic N) is 2. The monoisotopic (exact) mass is 237 g/mol. The molecule has 0 atom stereocenters. The lowest BCUT2D eigenvalue weighted by molar-refractivity contribution is 0.297. The van der Waals surface area contributed by atoms with E-state index in [4.69, 9.17) is 4.74 Å². The number of aromatic nitrogens is 2. The Labute approximate surface area is 104 Å². The van der Waals surface area contributed by atoms with Crippen LogP contribution in [0.1, 0.15) is 45.4 Å². The van der Waals surface area contributed by atoms with E-state index in [1.807, 2.05) is 13.0 Å². The molecule has 1 rings (SSSR count). The first-order valence-corrected chi connectivity index (χ1v) is 6.48. The van der Waals surface area contributed by atoms with Crippen LogP contribution < -0.4 is 10.1 Å². The Morgan fingerprint density at radius 3 is 2.65 bits per heavy atom. The highest BCUT2D eigenvalue weighted by atomic mass is 16.5. The molecule has 1 aromatic rings. The molecule has 0 radical (unpaired) electrons. The van der Waals surface area contributed by atoms with Gasteiger partial charge < -0.3 is 10.1 Å². The van der Waals surface area contributed by atoms with Crippen LogP contribution in [0.5, 0.6) is 5.88 Å². The first-order valence-electron chi connectivity index (χ1n) is 6.48. The lowest BCUT2D eigenvalue weighted by Gasteiger charge is -2.09. The SMILES string of the molecule is CCCCNc1cc(OCCCC)nc(C)n1. The second-order valence-corrected chi connectivity index (χ2v) is 4.12. The van der Waals surface area contributed by atoms with Crippen LogP contribution in [0.2, 0.25) is 0 Å². The van der Waals surface area contributed by atoms with Gasteiger partial charge in [-0.3, -0.25) is 0 Å². The molecule has 0 aliphatic heterocycles. The summed E-state index contributed by atoms with van der Waals surface area (Å²) in [4.78, 5) is 8.59. The molecule has 4 heteroatoms. The molecule has 96 valence electrons. The van der Waals surface area contributed by atoms with Gasteiger partial charge in [-0.15, -0.1) is 0 Å². The first-order chi connectivity index (χ1) is 8.26. The van der Waals surface area contributed by atoms with E-state index in [1.165, 1.54) is 6.42 Å². The third-order valence-electron chi connectivity index (χ3n) is 2.40. The van der Waals surface area contributed by atoms with Crippen molar-refractivity contribution in [1.29, 1.82) is 0 Å². The molecule has 0 bridgehead atoms.